The summed E-state index contributed by atoms with van der Waals surface area (Å²) in [5, 5.41) is 4.36. The molecule has 5 nitrogen and oxygen atoms in total. The molecule has 118 valence electrons. The third-order valence-corrected chi connectivity index (χ3v) is 4.00. The molecular formula is C16H21ClN4O. The van der Waals surface area contributed by atoms with Gasteiger partial charge in [-0.3, -0.25) is 9.48 Å². The number of aromatic nitrogens is 2. The predicted octanol–water partition coefficient (Wildman–Crippen LogP) is 2.58. The molecule has 1 aromatic heterocycles. The van der Waals surface area contributed by atoms with Crippen molar-refractivity contribution < 1.29 is 4.79 Å². The van der Waals surface area contributed by atoms with Gasteiger partial charge in [-0.25, -0.2) is 0 Å². The molecule has 1 amide bonds. The van der Waals surface area contributed by atoms with Crippen LogP contribution in [0.4, 0.5) is 11.4 Å². The average Bonchev–Trinajstić information content (AvgIpc) is 2.87. The standard InChI is InChI=1S/C16H20N4O.ClH/c1-3-14-12(10-19(2)18-14)16(21)20-9-5-6-11-13(17)7-4-8-15(11)20;/h4,7-8,10H,3,5-6,9,17H2,1-2H3;1H. The Bertz CT molecular complexity index is 695. The summed E-state index contributed by atoms with van der Waals surface area (Å²) >= 11 is 0. The van der Waals surface area contributed by atoms with Gasteiger partial charge in [0.25, 0.3) is 5.91 Å². The molecule has 2 heterocycles. The number of hydrogen-bond acceptors (Lipinski definition) is 3. The van der Waals surface area contributed by atoms with Crippen molar-refractivity contribution in [2.45, 2.75) is 26.2 Å². The molecule has 0 saturated carbocycles. The van der Waals surface area contributed by atoms with Crippen molar-refractivity contribution in [3.8, 4) is 0 Å². The molecule has 1 aromatic carbocycles. The SMILES string of the molecule is CCc1nn(C)cc1C(=O)N1CCCc2c(N)cccc21.Cl. The molecular weight excluding hydrogens is 300 g/mol. The number of carbonyl (C=O) groups is 1. The van der Waals surface area contributed by atoms with Gasteiger partial charge >= 0.3 is 0 Å². The number of amides is 1. The maximum absolute atomic E-state index is 12.9. The number of aryl methyl sites for hydroxylation is 2. The van der Waals surface area contributed by atoms with Gasteiger partial charge in [0, 0.05) is 31.2 Å². The van der Waals surface area contributed by atoms with Gasteiger partial charge in [-0.1, -0.05) is 13.0 Å². The number of benzene rings is 1. The van der Waals surface area contributed by atoms with Gasteiger partial charge in [0.2, 0.25) is 0 Å². The Labute approximate surface area is 136 Å². The van der Waals surface area contributed by atoms with Crippen LogP contribution < -0.4 is 10.6 Å². The first-order valence-corrected chi connectivity index (χ1v) is 7.33. The predicted molar refractivity (Wildman–Crippen MR) is 90.7 cm³/mol. The monoisotopic (exact) mass is 320 g/mol. The van der Waals surface area contributed by atoms with Crippen molar-refractivity contribution in [1.29, 1.82) is 0 Å². The van der Waals surface area contributed by atoms with E-state index in [0.717, 1.165) is 48.4 Å². The van der Waals surface area contributed by atoms with Gasteiger partial charge in [0.15, 0.2) is 0 Å². The second-order valence-electron chi connectivity index (χ2n) is 5.42. The van der Waals surface area contributed by atoms with Crippen LogP contribution in [0.2, 0.25) is 0 Å². The molecule has 0 radical (unpaired) electrons. The molecule has 1 aliphatic rings. The van der Waals surface area contributed by atoms with E-state index in [9.17, 15) is 4.79 Å². The van der Waals surface area contributed by atoms with Crippen LogP contribution in [0.15, 0.2) is 24.4 Å². The molecule has 0 spiro atoms. The Morgan fingerprint density at radius 3 is 2.91 bits per heavy atom. The minimum absolute atomic E-state index is 0. The van der Waals surface area contributed by atoms with Crippen LogP contribution in [0.5, 0.6) is 0 Å². The smallest absolute Gasteiger partial charge is 0.261 e. The van der Waals surface area contributed by atoms with Crippen LogP contribution in [0.25, 0.3) is 0 Å². The Kier molecular flexibility index (Phi) is 4.76. The highest BCUT2D eigenvalue weighted by Gasteiger charge is 2.27. The van der Waals surface area contributed by atoms with Gasteiger partial charge in [0.1, 0.15) is 0 Å². The third kappa shape index (κ3) is 2.68. The normalized spacial score (nSPS) is 13.5. The van der Waals surface area contributed by atoms with Crippen LogP contribution in [0, 0.1) is 0 Å². The first-order chi connectivity index (χ1) is 10.1. The Morgan fingerprint density at radius 2 is 2.18 bits per heavy atom. The number of fused-ring (bicyclic) bond motifs is 1. The molecule has 2 N–H and O–H groups in total. The molecule has 0 atom stereocenters. The van der Waals surface area contributed by atoms with Crippen molar-refractivity contribution in [2.24, 2.45) is 7.05 Å². The topological polar surface area (TPSA) is 64.2 Å². The minimum Gasteiger partial charge on any atom is -0.398 e. The third-order valence-electron chi connectivity index (χ3n) is 4.00. The highest BCUT2D eigenvalue weighted by atomic mass is 35.5. The number of rotatable bonds is 2. The quantitative estimate of drug-likeness (QED) is 0.865. The van der Waals surface area contributed by atoms with Crippen molar-refractivity contribution in [3.63, 3.8) is 0 Å². The van der Waals surface area contributed by atoms with E-state index in [-0.39, 0.29) is 18.3 Å². The number of hydrogen-bond donors (Lipinski definition) is 1. The van der Waals surface area contributed by atoms with Crippen molar-refractivity contribution in [1.82, 2.24) is 9.78 Å². The lowest BCUT2D eigenvalue weighted by atomic mass is 9.99. The van der Waals surface area contributed by atoms with Gasteiger partial charge in [0.05, 0.1) is 11.3 Å². The molecule has 3 rings (SSSR count). The minimum atomic E-state index is 0. The number of halogens is 1. The van der Waals surface area contributed by atoms with E-state index in [1.54, 1.807) is 4.68 Å². The summed E-state index contributed by atoms with van der Waals surface area (Å²) in [6.07, 6.45) is 4.43. The molecule has 6 heteroatoms. The molecule has 0 aliphatic carbocycles. The first kappa shape index (κ1) is 16.4. The Morgan fingerprint density at radius 1 is 1.41 bits per heavy atom. The number of nitrogens with two attached hydrogens (primary N) is 1. The lowest BCUT2D eigenvalue weighted by Gasteiger charge is -2.30. The van der Waals surface area contributed by atoms with E-state index in [4.69, 9.17) is 5.73 Å². The van der Waals surface area contributed by atoms with E-state index >= 15 is 0 Å². The molecule has 0 bridgehead atoms. The zero-order chi connectivity index (χ0) is 15.0. The number of carbonyl (C=O) groups excluding carboxylic acids is 1. The second kappa shape index (κ2) is 6.40. The van der Waals surface area contributed by atoms with Crippen LogP contribution in [0.1, 0.15) is 35.0 Å². The summed E-state index contributed by atoms with van der Waals surface area (Å²) in [5.74, 6) is 0.0199. The van der Waals surface area contributed by atoms with Gasteiger partial charge < -0.3 is 10.6 Å². The molecule has 0 saturated heterocycles. The fraction of sp³-hybridized carbons (Fsp3) is 0.375. The average molecular weight is 321 g/mol. The molecule has 1 aliphatic heterocycles. The summed E-state index contributed by atoms with van der Waals surface area (Å²) in [5.41, 5.74) is 10.4. The van der Waals surface area contributed by atoms with Crippen molar-refractivity contribution >= 4 is 29.7 Å². The molecule has 22 heavy (non-hydrogen) atoms. The van der Waals surface area contributed by atoms with E-state index in [0.29, 0.717) is 5.56 Å². The van der Waals surface area contributed by atoms with Crippen LogP contribution in [0.3, 0.4) is 0 Å². The highest BCUT2D eigenvalue weighted by Crippen LogP contribution is 2.32. The lowest BCUT2D eigenvalue weighted by molar-refractivity contribution is 0.0984. The summed E-state index contributed by atoms with van der Waals surface area (Å²) in [4.78, 5) is 14.7. The fourth-order valence-electron chi connectivity index (χ4n) is 2.98. The summed E-state index contributed by atoms with van der Waals surface area (Å²) in [7, 11) is 1.85. The maximum Gasteiger partial charge on any atom is 0.261 e. The summed E-state index contributed by atoms with van der Waals surface area (Å²) in [6.45, 7) is 2.74. The zero-order valence-electron chi connectivity index (χ0n) is 12.9. The maximum atomic E-state index is 12.9. The van der Waals surface area contributed by atoms with Gasteiger partial charge in [-0.2, -0.15) is 5.10 Å². The lowest BCUT2D eigenvalue weighted by Crippen LogP contribution is -2.36. The second-order valence-corrected chi connectivity index (χ2v) is 5.42. The van der Waals surface area contributed by atoms with Gasteiger partial charge in [-0.05, 0) is 37.0 Å². The zero-order valence-corrected chi connectivity index (χ0v) is 13.7. The molecule has 0 unspecified atom stereocenters. The van der Waals surface area contributed by atoms with E-state index in [1.165, 1.54) is 0 Å². The molecule has 2 aromatic rings. The number of nitrogen functional groups attached to an aromatic ring is 1. The fourth-order valence-corrected chi connectivity index (χ4v) is 2.98. The largest absolute Gasteiger partial charge is 0.398 e. The molecule has 0 fully saturated rings. The number of anilines is 2. The summed E-state index contributed by atoms with van der Waals surface area (Å²) in [6, 6.07) is 5.78. The van der Waals surface area contributed by atoms with Crippen molar-refractivity contribution in [3.05, 3.63) is 41.2 Å². The Balaban J connectivity index is 0.00000176. The van der Waals surface area contributed by atoms with Gasteiger partial charge in [-0.15, -0.1) is 12.4 Å². The van der Waals surface area contributed by atoms with Crippen LogP contribution >= 0.6 is 12.4 Å². The Hall–Kier alpha value is -2.01. The van der Waals surface area contributed by atoms with Crippen LogP contribution in [-0.4, -0.2) is 22.2 Å². The van der Waals surface area contributed by atoms with E-state index < -0.39 is 0 Å². The van der Waals surface area contributed by atoms with E-state index in [2.05, 4.69) is 5.10 Å². The van der Waals surface area contributed by atoms with Crippen LogP contribution in [-0.2, 0) is 19.9 Å². The van der Waals surface area contributed by atoms with E-state index in [1.807, 2.05) is 43.3 Å². The number of nitrogens with zero attached hydrogens (tertiary/aromatic N) is 3. The summed E-state index contributed by atoms with van der Waals surface area (Å²) < 4.78 is 1.70. The highest BCUT2D eigenvalue weighted by molar-refractivity contribution is 6.07. The first-order valence-electron chi connectivity index (χ1n) is 7.33. The van der Waals surface area contributed by atoms with Crippen molar-refractivity contribution in [2.75, 3.05) is 17.2 Å².